The number of hydrogen-bond donors (Lipinski definition) is 1. The van der Waals surface area contributed by atoms with Crippen LogP contribution in [-0.4, -0.2) is 33.7 Å². The van der Waals surface area contributed by atoms with Gasteiger partial charge in [-0.15, -0.1) is 0 Å². The van der Waals surface area contributed by atoms with E-state index < -0.39 is 12.1 Å². The predicted molar refractivity (Wildman–Crippen MR) is 86.9 cm³/mol. The summed E-state index contributed by atoms with van der Waals surface area (Å²) in [7, 11) is 0. The Morgan fingerprint density at radius 2 is 2.04 bits per heavy atom. The summed E-state index contributed by atoms with van der Waals surface area (Å²) in [5.74, 6) is -0.265. The first-order valence-corrected chi connectivity index (χ1v) is 7.75. The Labute approximate surface area is 135 Å². The first-order valence-electron chi connectivity index (χ1n) is 7.75. The minimum absolute atomic E-state index is 0.0511. The normalized spacial score (nSPS) is 22.2. The van der Waals surface area contributed by atoms with Gasteiger partial charge in [-0.3, -0.25) is 14.3 Å². The lowest BCUT2D eigenvalue weighted by Gasteiger charge is -2.21. The number of amides is 2. The summed E-state index contributed by atoms with van der Waals surface area (Å²) in [6.45, 7) is 3.76. The van der Waals surface area contributed by atoms with Gasteiger partial charge in [-0.1, -0.05) is 18.2 Å². The number of aromatic nitrogens is 2. The van der Waals surface area contributed by atoms with Gasteiger partial charge in [0.2, 0.25) is 11.8 Å². The summed E-state index contributed by atoms with van der Waals surface area (Å²) in [6, 6.07) is 10.4. The number of nitrogens with one attached hydrogen (secondary N) is 1. The Hall–Kier alpha value is -2.63. The van der Waals surface area contributed by atoms with Crippen molar-refractivity contribution < 1.29 is 9.59 Å². The highest BCUT2D eigenvalue weighted by Crippen LogP contribution is 2.26. The zero-order chi connectivity index (χ0) is 16.4. The van der Waals surface area contributed by atoms with E-state index in [4.69, 9.17) is 0 Å². The third-order valence-electron chi connectivity index (χ3n) is 4.21. The van der Waals surface area contributed by atoms with Crippen LogP contribution in [0.15, 0.2) is 48.8 Å². The smallest absolute Gasteiger partial charge is 0.249 e. The lowest BCUT2D eigenvalue weighted by atomic mass is 10.1. The number of hydrogen-bond acceptors (Lipinski definition) is 3. The SMILES string of the molecule is CC1CC(NC(=O)C(C)n2cccn2)C(=O)N1c1ccccc1. The summed E-state index contributed by atoms with van der Waals surface area (Å²) < 4.78 is 1.58. The summed E-state index contributed by atoms with van der Waals surface area (Å²) in [4.78, 5) is 26.8. The van der Waals surface area contributed by atoms with Crippen LogP contribution >= 0.6 is 0 Å². The van der Waals surface area contributed by atoms with Crippen molar-refractivity contribution in [1.29, 1.82) is 0 Å². The van der Waals surface area contributed by atoms with E-state index in [1.54, 1.807) is 35.0 Å². The fourth-order valence-electron chi connectivity index (χ4n) is 2.95. The van der Waals surface area contributed by atoms with Gasteiger partial charge >= 0.3 is 0 Å². The fraction of sp³-hybridized carbons (Fsp3) is 0.353. The highest BCUT2D eigenvalue weighted by atomic mass is 16.2. The molecule has 2 amide bonds. The average molecular weight is 312 g/mol. The molecule has 1 aliphatic rings. The molecule has 0 radical (unpaired) electrons. The Morgan fingerprint density at radius 3 is 2.70 bits per heavy atom. The Kier molecular flexibility index (Phi) is 4.14. The molecule has 1 fully saturated rings. The van der Waals surface area contributed by atoms with E-state index in [2.05, 4.69) is 10.4 Å². The largest absolute Gasteiger partial charge is 0.342 e. The summed E-state index contributed by atoms with van der Waals surface area (Å²) in [5.41, 5.74) is 0.863. The Bertz CT molecular complexity index is 684. The molecule has 120 valence electrons. The van der Waals surface area contributed by atoms with Gasteiger partial charge in [-0.2, -0.15) is 5.10 Å². The molecule has 1 aliphatic heterocycles. The molecule has 2 aromatic rings. The van der Waals surface area contributed by atoms with Crippen LogP contribution in [0, 0.1) is 0 Å². The van der Waals surface area contributed by atoms with E-state index in [-0.39, 0.29) is 17.9 Å². The Morgan fingerprint density at radius 1 is 1.30 bits per heavy atom. The van der Waals surface area contributed by atoms with Gasteiger partial charge in [-0.05, 0) is 38.5 Å². The van der Waals surface area contributed by atoms with Crippen LogP contribution in [0.5, 0.6) is 0 Å². The molecule has 23 heavy (non-hydrogen) atoms. The lowest BCUT2D eigenvalue weighted by Crippen LogP contribution is -2.44. The number of benzene rings is 1. The van der Waals surface area contributed by atoms with Gasteiger partial charge < -0.3 is 10.2 Å². The van der Waals surface area contributed by atoms with Gasteiger partial charge in [0.1, 0.15) is 12.1 Å². The van der Waals surface area contributed by atoms with Crippen LogP contribution < -0.4 is 10.2 Å². The van der Waals surface area contributed by atoms with E-state index in [0.29, 0.717) is 6.42 Å². The quantitative estimate of drug-likeness (QED) is 0.935. The van der Waals surface area contributed by atoms with E-state index in [1.807, 2.05) is 37.3 Å². The molecular formula is C17H20N4O2. The van der Waals surface area contributed by atoms with E-state index >= 15 is 0 Å². The molecule has 1 saturated heterocycles. The average Bonchev–Trinajstić information content (AvgIpc) is 3.17. The van der Waals surface area contributed by atoms with Crippen LogP contribution in [0.4, 0.5) is 5.69 Å². The van der Waals surface area contributed by atoms with E-state index in [0.717, 1.165) is 5.69 Å². The number of carbonyl (C=O) groups excluding carboxylic acids is 2. The summed E-state index contributed by atoms with van der Waals surface area (Å²) in [5, 5.41) is 6.92. The molecule has 6 nitrogen and oxygen atoms in total. The maximum atomic E-state index is 12.6. The van der Waals surface area contributed by atoms with Crippen molar-refractivity contribution in [2.24, 2.45) is 0 Å². The van der Waals surface area contributed by atoms with Crippen LogP contribution in [0.3, 0.4) is 0 Å². The second-order valence-corrected chi connectivity index (χ2v) is 5.85. The molecule has 1 aromatic heterocycles. The molecule has 0 bridgehead atoms. The molecule has 2 heterocycles. The lowest BCUT2D eigenvalue weighted by molar-refractivity contribution is -0.128. The van der Waals surface area contributed by atoms with Crippen LogP contribution in [0.2, 0.25) is 0 Å². The number of anilines is 1. The van der Waals surface area contributed by atoms with E-state index in [9.17, 15) is 9.59 Å². The minimum atomic E-state index is -0.490. The van der Waals surface area contributed by atoms with Crippen molar-refractivity contribution in [3.63, 3.8) is 0 Å². The van der Waals surface area contributed by atoms with Crippen molar-refractivity contribution in [3.8, 4) is 0 Å². The molecule has 3 atom stereocenters. The number of para-hydroxylation sites is 1. The van der Waals surface area contributed by atoms with Crippen molar-refractivity contribution in [3.05, 3.63) is 48.8 Å². The van der Waals surface area contributed by atoms with Crippen molar-refractivity contribution in [2.75, 3.05) is 4.90 Å². The predicted octanol–water partition coefficient (Wildman–Crippen LogP) is 1.75. The molecular weight excluding hydrogens is 292 g/mol. The molecule has 0 spiro atoms. The number of carbonyl (C=O) groups is 2. The van der Waals surface area contributed by atoms with Crippen molar-refractivity contribution >= 4 is 17.5 Å². The van der Waals surface area contributed by atoms with Gasteiger partial charge in [0, 0.05) is 24.1 Å². The molecule has 3 rings (SSSR count). The first-order chi connectivity index (χ1) is 11.1. The Balaban J connectivity index is 1.70. The van der Waals surface area contributed by atoms with Gasteiger partial charge in [0.15, 0.2) is 0 Å². The maximum absolute atomic E-state index is 12.6. The van der Waals surface area contributed by atoms with Gasteiger partial charge in [0.25, 0.3) is 0 Å². The van der Waals surface area contributed by atoms with Gasteiger partial charge in [-0.25, -0.2) is 0 Å². The monoisotopic (exact) mass is 312 g/mol. The highest BCUT2D eigenvalue weighted by Gasteiger charge is 2.39. The third-order valence-corrected chi connectivity index (χ3v) is 4.21. The number of nitrogens with zero attached hydrogens (tertiary/aromatic N) is 3. The number of rotatable bonds is 4. The van der Waals surface area contributed by atoms with Crippen LogP contribution in [-0.2, 0) is 9.59 Å². The standard InChI is InChI=1S/C17H20N4O2/c1-12-11-15(17(23)21(12)14-7-4-3-5-8-14)19-16(22)13(2)20-10-6-9-18-20/h3-10,12-13,15H,11H2,1-2H3,(H,19,22). The third kappa shape index (κ3) is 2.97. The maximum Gasteiger partial charge on any atom is 0.249 e. The minimum Gasteiger partial charge on any atom is -0.342 e. The topological polar surface area (TPSA) is 67.2 Å². The second kappa shape index (κ2) is 6.24. The first kappa shape index (κ1) is 15.3. The van der Waals surface area contributed by atoms with Crippen LogP contribution in [0.25, 0.3) is 0 Å². The van der Waals surface area contributed by atoms with E-state index in [1.165, 1.54) is 0 Å². The second-order valence-electron chi connectivity index (χ2n) is 5.85. The molecule has 1 N–H and O–H groups in total. The highest BCUT2D eigenvalue weighted by molar-refractivity contribution is 6.02. The fourth-order valence-corrected chi connectivity index (χ4v) is 2.95. The molecule has 3 unspecified atom stereocenters. The molecule has 6 heteroatoms. The van der Waals surface area contributed by atoms with Crippen LogP contribution in [0.1, 0.15) is 26.3 Å². The molecule has 0 saturated carbocycles. The van der Waals surface area contributed by atoms with Crippen molar-refractivity contribution in [1.82, 2.24) is 15.1 Å². The van der Waals surface area contributed by atoms with Gasteiger partial charge in [0.05, 0.1) is 0 Å². The molecule has 1 aromatic carbocycles. The zero-order valence-electron chi connectivity index (χ0n) is 13.2. The molecule has 0 aliphatic carbocycles. The summed E-state index contributed by atoms with van der Waals surface area (Å²) >= 11 is 0. The summed E-state index contributed by atoms with van der Waals surface area (Å²) in [6.07, 6.45) is 3.97. The zero-order valence-corrected chi connectivity index (χ0v) is 13.2. The van der Waals surface area contributed by atoms with Crippen molar-refractivity contribution in [2.45, 2.75) is 38.4 Å².